The van der Waals surface area contributed by atoms with Gasteiger partial charge in [0.05, 0.1) is 0 Å². The van der Waals surface area contributed by atoms with Gasteiger partial charge in [0.2, 0.25) is 5.91 Å². The highest BCUT2D eigenvalue weighted by Gasteiger charge is 2.27. The highest BCUT2D eigenvalue weighted by Crippen LogP contribution is 2.24. The van der Waals surface area contributed by atoms with Crippen LogP contribution in [0.5, 0.6) is 0 Å². The maximum absolute atomic E-state index is 12.2. The molecular formula is C18H29N3O. The van der Waals surface area contributed by atoms with E-state index in [0.29, 0.717) is 6.54 Å². The molecule has 0 radical (unpaired) electrons. The Bertz CT molecular complexity index is 485. The molecule has 0 aromatic heterocycles. The van der Waals surface area contributed by atoms with E-state index in [0.717, 1.165) is 38.9 Å². The summed E-state index contributed by atoms with van der Waals surface area (Å²) in [5, 5.41) is 3.10. The van der Waals surface area contributed by atoms with Gasteiger partial charge in [-0.25, -0.2) is 0 Å². The summed E-state index contributed by atoms with van der Waals surface area (Å²) in [5.74, 6) is 0.260. The third-order valence-electron chi connectivity index (χ3n) is 4.70. The second kappa shape index (κ2) is 8.30. The Balaban J connectivity index is 1.93. The molecule has 2 atom stereocenters. The zero-order valence-electron chi connectivity index (χ0n) is 13.8. The van der Waals surface area contributed by atoms with Crippen molar-refractivity contribution in [3.05, 3.63) is 35.4 Å². The summed E-state index contributed by atoms with van der Waals surface area (Å²) in [4.78, 5) is 14.6. The number of nitrogens with two attached hydrogens (primary N) is 1. The summed E-state index contributed by atoms with van der Waals surface area (Å²) < 4.78 is 0. The summed E-state index contributed by atoms with van der Waals surface area (Å²) in [6.45, 7) is 7.98. The molecule has 1 aromatic carbocycles. The van der Waals surface area contributed by atoms with Crippen molar-refractivity contribution in [3.8, 4) is 0 Å². The molecule has 1 saturated carbocycles. The van der Waals surface area contributed by atoms with Gasteiger partial charge in [-0.1, -0.05) is 38.1 Å². The maximum atomic E-state index is 12.2. The molecule has 1 aliphatic carbocycles. The van der Waals surface area contributed by atoms with Crippen LogP contribution >= 0.6 is 0 Å². The van der Waals surface area contributed by atoms with Gasteiger partial charge >= 0.3 is 0 Å². The van der Waals surface area contributed by atoms with Crippen LogP contribution in [0.3, 0.4) is 0 Å². The molecule has 2 unspecified atom stereocenters. The van der Waals surface area contributed by atoms with Crippen molar-refractivity contribution in [1.29, 1.82) is 0 Å². The van der Waals surface area contributed by atoms with E-state index in [1.165, 1.54) is 11.1 Å². The van der Waals surface area contributed by atoms with Crippen LogP contribution in [-0.2, 0) is 17.9 Å². The van der Waals surface area contributed by atoms with Gasteiger partial charge in [-0.2, -0.15) is 0 Å². The van der Waals surface area contributed by atoms with Gasteiger partial charge < -0.3 is 11.1 Å². The summed E-state index contributed by atoms with van der Waals surface area (Å²) >= 11 is 0. The number of benzene rings is 1. The molecule has 4 heteroatoms. The maximum Gasteiger partial charge on any atom is 0.223 e. The first-order valence-electron chi connectivity index (χ1n) is 8.46. The van der Waals surface area contributed by atoms with Gasteiger partial charge in [0.1, 0.15) is 0 Å². The van der Waals surface area contributed by atoms with Crippen molar-refractivity contribution >= 4 is 5.91 Å². The van der Waals surface area contributed by atoms with Gasteiger partial charge in [-0.3, -0.25) is 9.69 Å². The van der Waals surface area contributed by atoms with Crippen molar-refractivity contribution in [3.63, 3.8) is 0 Å². The van der Waals surface area contributed by atoms with Crippen LogP contribution in [0.25, 0.3) is 0 Å². The molecule has 0 saturated heterocycles. The molecule has 2 rings (SSSR count). The molecule has 0 spiro atoms. The molecule has 1 aliphatic rings. The number of rotatable bonds is 7. The highest BCUT2D eigenvalue weighted by atomic mass is 16.1. The summed E-state index contributed by atoms with van der Waals surface area (Å²) in [6.07, 6.45) is 2.72. The predicted molar refractivity (Wildman–Crippen MR) is 90.2 cm³/mol. The zero-order valence-corrected chi connectivity index (χ0v) is 13.8. The number of hydrogen-bond donors (Lipinski definition) is 2. The molecule has 0 aliphatic heterocycles. The molecule has 4 nitrogen and oxygen atoms in total. The van der Waals surface area contributed by atoms with Crippen molar-refractivity contribution in [2.24, 2.45) is 11.7 Å². The van der Waals surface area contributed by atoms with E-state index in [4.69, 9.17) is 5.73 Å². The molecule has 0 bridgehead atoms. The Morgan fingerprint density at radius 3 is 2.50 bits per heavy atom. The van der Waals surface area contributed by atoms with Crippen molar-refractivity contribution in [2.45, 2.75) is 52.2 Å². The minimum Gasteiger partial charge on any atom is -0.352 e. The lowest BCUT2D eigenvalue weighted by Crippen LogP contribution is -2.30. The van der Waals surface area contributed by atoms with Crippen LogP contribution in [0.2, 0.25) is 0 Å². The van der Waals surface area contributed by atoms with E-state index in [9.17, 15) is 4.79 Å². The Morgan fingerprint density at radius 2 is 1.91 bits per heavy atom. The summed E-state index contributed by atoms with van der Waals surface area (Å²) in [7, 11) is 0. The number of hydrogen-bond acceptors (Lipinski definition) is 3. The van der Waals surface area contributed by atoms with Crippen LogP contribution in [0.15, 0.2) is 24.3 Å². The molecule has 1 amide bonds. The second-order valence-electron chi connectivity index (χ2n) is 6.22. The zero-order chi connectivity index (χ0) is 15.9. The van der Waals surface area contributed by atoms with Gasteiger partial charge in [0.15, 0.2) is 0 Å². The number of nitrogens with one attached hydrogen (secondary N) is 1. The standard InChI is InChI=1S/C18H29N3O/c1-3-21(4-2)13-16-8-6-5-7-15(16)12-20-18(22)14-9-10-17(19)11-14/h5-8,14,17H,3-4,9-13,19H2,1-2H3,(H,20,22). The van der Waals surface area contributed by atoms with Crippen LogP contribution in [0, 0.1) is 5.92 Å². The first-order chi connectivity index (χ1) is 10.6. The molecule has 1 aromatic rings. The Hall–Kier alpha value is -1.39. The Morgan fingerprint density at radius 1 is 1.23 bits per heavy atom. The number of carbonyl (C=O) groups excluding carboxylic acids is 1. The number of nitrogens with zero attached hydrogens (tertiary/aromatic N) is 1. The third kappa shape index (κ3) is 4.55. The Kier molecular flexibility index (Phi) is 6.40. The average molecular weight is 303 g/mol. The largest absolute Gasteiger partial charge is 0.352 e. The SMILES string of the molecule is CCN(CC)Cc1ccccc1CNC(=O)C1CCC(N)C1. The number of carbonyl (C=O) groups is 1. The van der Waals surface area contributed by atoms with Gasteiger partial charge in [0.25, 0.3) is 0 Å². The van der Waals surface area contributed by atoms with Crippen molar-refractivity contribution in [2.75, 3.05) is 13.1 Å². The Labute approximate surface area is 134 Å². The molecule has 0 heterocycles. The van der Waals surface area contributed by atoms with Crippen molar-refractivity contribution < 1.29 is 4.79 Å². The fraction of sp³-hybridized carbons (Fsp3) is 0.611. The van der Waals surface area contributed by atoms with Crippen LogP contribution in [0.1, 0.15) is 44.2 Å². The molecule has 22 heavy (non-hydrogen) atoms. The average Bonchev–Trinajstić information content (AvgIpc) is 2.97. The highest BCUT2D eigenvalue weighted by molar-refractivity contribution is 5.79. The minimum atomic E-state index is 0.102. The predicted octanol–water partition coefficient (Wildman–Crippen LogP) is 2.27. The minimum absolute atomic E-state index is 0.102. The van der Waals surface area contributed by atoms with Gasteiger partial charge in [-0.05, 0) is 43.5 Å². The van der Waals surface area contributed by atoms with E-state index >= 15 is 0 Å². The second-order valence-corrected chi connectivity index (χ2v) is 6.22. The van der Waals surface area contributed by atoms with Crippen LogP contribution < -0.4 is 11.1 Å². The van der Waals surface area contributed by atoms with E-state index in [2.05, 4.69) is 42.3 Å². The normalized spacial score (nSPS) is 21.3. The first kappa shape index (κ1) is 17.0. The van der Waals surface area contributed by atoms with E-state index in [1.807, 2.05) is 6.07 Å². The molecule has 122 valence electrons. The fourth-order valence-electron chi connectivity index (χ4n) is 3.15. The fourth-order valence-corrected chi connectivity index (χ4v) is 3.15. The monoisotopic (exact) mass is 303 g/mol. The third-order valence-corrected chi connectivity index (χ3v) is 4.70. The topological polar surface area (TPSA) is 58.4 Å². The first-order valence-corrected chi connectivity index (χ1v) is 8.46. The summed E-state index contributed by atoms with van der Waals surface area (Å²) in [5.41, 5.74) is 8.41. The lowest BCUT2D eigenvalue weighted by molar-refractivity contribution is -0.125. The van der Waals surface area contributed by atoms with Crippen molar-refractivity contribution in [1.82, 2.24) is 10.2 Å². The van der Waals surface area contributed by atoms with E-state index < -0.39 is 0 Å². The molecule has 3 N–H and O–H groups in total. The van der Waals surface area contributed by atoms with E-state index in [1.54, 1.807) is 0 Å². The van der Waals surface area contributed by atoms with Gasteiger partial charge in [-0.15, -0.1) is 0 Å². The van der Waals surface area contributed by atoms with Crippen LogP contribution in [-0.4, -0.2) is 29.9 Å². The number of amides is 1. The lowest BCUT2D eigenvalue weighted by atomic mass is 10.0. The molecular weight excluding hydrogens is 274 g/mol. The molecule has 1 fully saturated rings. The summed E-state index contributed by atoms with van der Waals surface area (Å²) in [6, 6.07) is 8.58. The van der Waals surface area contributed by atoms with E-state index in [-0.39, 0.29) is 17.9 Å². The van der Waals surface area contributed by atoms with Crippen LogP contribution in [0.4, 0.5) is 0 Å². The quantitative estimate of drug-likeness (QED) is 0.812. The van der Waals surface area contributed by atoms with Gasteiger partial charge in [0, 0.05) is 25.0 Å². The lowest BCUT2D eigenvalue weighted by Gasteiger charge is -2.20. The smallest absolute Gasteiger partial charge is 0.223 e.